The van der Waals surface area contributed by atoms with Crippen molar-refractivity contribution in [2.75, 3.05) is 11.1 Å². The summed E-state index contributed by atoms with van der Waals surface area (Å²) < 4.78 is 0. The maximum Gasteiger partial charge on any atom is 0.222 e. The van der Waals surface area contributed by atoms with Crippen LogP contribution in [0.2, 0.25) is 5.02 Å². The predicted molar refractivity (Wildman–Crippen MR) is 70.7 cm³/mol. The van der Waals surface area contributed by atoms with E-state index in [2.05, 4.69) is 21.4 Å². The van der Waals surface area contributed by atoms with Crippen LogP contribution in [0.1, 0.15) is 11.1 Å². The van der Waals surface area contributed by atoms with Crippen molar-refractivity contribution < 1.29 is 0 Å². The summed E-state index contributed by atoms with van der Waals surface area (Å²) in [5.41, 5.74) is 8.80. The van der Waals surface area contributed by atoms with E-state index in [9.17, 15) is 0 Å². The molecule has 0 aliphatic heterocycles. The van der Waals surface area contributed by atoms with Crippen LogP contribution in [0.15, 0.2) is 24.4 Å². The number of halogens is 1. The van der Waals surface area contributed by atoms with Gasteiger partial charge in [0.25, 0.3) is 0 Å². The summed E-state index contributed by atoms with van der Waals surface area (Å²) in [6, 6.07) is 6.13. The first kappa shape index (κ1) is 11.7. The molecule has 0 radical (unpaired) electrons. The maximum atomic E-state index is 5.98. The molecule has 1 aromatic heterocycles. The number of anilines is 3. The summed E-state index contributed by atoms with van der Waals surface area (Å²) in [4.78, 5) is 7.86. The Bertz CT molecular complexity index is 534. The van der Waals surface area contributed by atoms with Crippen molar-refractivity contribution in [1.29, 1.82) is 0 Å². The molecular weight excluding hydrogens is 236 g/mol. The first-order valence-corrected chi connectivity index (χ1v) is 5.56. The van der Waals surface area contributed by atoms with Gasteiger partial charge in [-0.2, -0.15) is 4.98 Å². The van der Waals surface area contributed by atoms with Gasteiger partial charge in [0.05, 0.1) is 6.20 Å². The highest BCUT2D eigenvalue weighted by atomic mass is 35.5. The normalized spacial score (nSPS) is 10.3. The molecule has 1 heterocycles. The molecule has 0 spiro atoms. The number of rotatable bonds is 2. The first-order valence-electron chi connectivity index (χ1n) is 5.18. The van der Waals surface area contributed by atoms with E-state index < -0.39 is 0 Å². The second kappa shape index (κ2) is 4.59. The summed E-state index contributed by atoms with van der Waals surface area (Å²) in [7, 11) is 0. The molecule has 88 valence electrons. The molecule has 0 saturated carbocycles. The van der Waals surface area contributed by atoms with E-state index in [-0.39, 0.29) is 5.95 Å². The molecule has 17 heavy (non-hydrogen) atoms. The van der Waals surface area contributed by atoms with Gasteiger partial charge in [-0.25, -0.2) is 4.98 Å². The molecule has 0 bridgehead atoms. The van der Waals surface area contributed by atoms with Crippen molar-refractivity contribution in [3.8, 4) is 0 Å². The van der Waals surface area contributed by atoms with Crippen LogP contribution in [-0.2, 0) is 0 Å². The van der Waals surface area contributed by atoms with Crippen LogP contribution < -0.4 is 11.1 Å². The molecule has 0 saturated heterocycles. The molecule has 4 nitrogen and oxygen atoms in total. The standard InChI is InChI=1S/C12H13ClN4/c1-7-3-8(2)5-9(4-7)16-11-10(13)6-15-12(14)17-11/h3-6H,1-2H3,(H3,14,15,16,17). The highest BCUT2D eigenvalue weighted by Gasteiger charge is 2.04. The van der Waals surface area contributed by atoms with Crippen molar-refractivity contribution >= 4 is 29.1 Å². The van der Waals surface area contributed by atoms with Gasteiger partial charge in [-0.15, -0.1) is 0 Å². The van der Waals surface area contributed by atoms with E-state index in [1.54, 1.807) is 0 Å². The molecule has 2 aromatic rings. The lowest BCUT2D eigenvalue weighted by molar-refractivity contribution is 1.18. The Balaban J connectivity index is 2.34. The lowest BCUT2D eigenvalue weighted by atomic mass is 10.1. The monoisotopic (exact) mass is 248 g/mol. The number of aryl methyl sites for hydroxylation is 2. The minimum atomic E-state index is 0.196. The molecule has 5 heteroatoms. The van der Waals surface area contributed by atoms with Gasteiger partial charge in [-0.3, -0.25) is 0 Å². The Hall–Kier alpha value is -1.81. The second-order valence-electron chi connectivity index (χ2n) is 3.93. The molecule has 2 rings (SSSR count). The Morgan fingerprint density at radius 1 is 1.18 bits per heavy atom. The molecule has 0 amide bonds. The third kappa shape index (κ3) is 2.85. The van der Waals surface area contributed by atoms with E-state index in [4.69, 9.17) is 17.3 Å². The van der Waals surface area contributed by atoms with Gasteiger partial charge in [0, 0.05) is 5.69 Å². The fourth-order valence-electron chi connectivity index (χ4n) is 1.65. The average molecular weight is 249 g/mol. The number of hydrogen-bond donors (Lipinski definition) is 2. The Morgan fingerprint density at radius 3 is 2.47 bits per heavy atom. The number of nitrogens with zero attached hydrogens (tertiary/aromatic N) is 2. The van der Waals surface area contributed by atoms with Crippen LogP contribution in [0.25, 0.3) is 0 Å². The molecule has 0 aliphatic rings. The minimum absolute atomic E-state index is 0.196. The molecular formula is C12H13ClN4. The number of nitrogen functional groups attached to an aromatic ring is 1. The fourth-order valence-corrected chi connectivity index (χ4v) is 1.79. The smallest absolute Gasteiger partial charge is 0.222 e. The maximum absolute atomic E-state index is 5.98. The molecule has 3 N–H and O–H groups in total. The summed E-state index contributed by atoms with van der Waals surface area (Å²) in [6.07, 6.45) is 1.48. The topological polar surface area (TPSA) is 63.8 Å². The number of nitrogens with one attached hydrogen (secondary N) is 1. The zero-order valence-corrected chi connectivity index (χ0v) is 10.4. The Kier molecular flexibility index (Phi) is 3.15. The molecule has 0 aliphatic carbocycles. The zero-order valence-electron chi connectivity index (χ0n) is 9.66. The fraction of sp³-hybridized carbons (Fsp3) is 0.167. The Morgan fingerprint density at radius 2 is 1.82 bits per heavy atom. The number of nitrogens with two attached hydrogens (primary N) is 1. The van der Waals surface area contributed by atoms with Gasteiger partial charge in [-0.1, -0.05) is 17.7 Å². The SMILES string of the molecule is Cc1cc(C)cc(Nc2nc(N)ncc2Cl)c1. The van der Waals surface area contributed by atoms with Crippen LogP contribution in [0.5, 0.6) is 0 Å². The van der Waals surface area contributed by atoms with E-state index >= 15 is 0 Å². The van der Waals surface area contributed by atoms with Gasteiger partial charge in [0.15, 0.2) is 5.82 Å². The third-order valence-electron chi connectivity index (χ3n) is 2.25. The highest BCUT2D eigenvalue weighted by molar-refractivity contribution is 6.32. The van der Waals surface area contributed by atoms with Crippen molar-refractivity contribution in [1.82, 2.24) is 9.97 Å². The van der Waals surface area contributed by atoms with E-state index in [0.29, 0.717) is 10.8 Å². The highest BCUT2D eigenvalue weighted by Crippen LogP contribution is 2.24. The van der Waals surface area contributed by atoms with E-state index in [0.717, 1.165) is 5.69 Å². The van der Waals surface area contributed by atoms with Crippen LogP contribution in [0.4, 0.5) is 17.5 Å². The van der Waals surface area contributed by atoms with Gasteiger partial charge in [0.1, 0.15) is 5.02 Å². The minimum Gasteiger partial charge on any atom is -0.368 e. The van der Waals surface area contributed by atoms with Crippen LogP contribution in [0, 0.1) is 13.8 Å². The number of hydrogen-bond acceptors (Lipinski definition) is 4. The summed E-state index contributed by atoms with van der Waals surface area (Å²) >= 11 is 5.98. The predicted octanol–water partition coefficient (Wildman–Crippen LogP) is 3.07. The van der Waals surface area contributed by atoms with Crippen molar-refractivity contribution in [3.63, 3.8) is 0 Å². The van der Waals surface area contributed by atoms with Crippen LogP contribution in [0.3, 0.4) is 0 Å². The largest absolute Gasteiger partial charge is 0.368 e. The second-order valence-corrected chi connectivity index (χ2v) is 4.33. The third-order valence-corrected chi connectivity index (χ3v) is 2.52. The number of benzene rings is 1. The summed E-state index contributed by atoms with van der Waals surface area (Å²) in [6.45, 7) is 4.07. The van der Waals surface area contributed by atoms with Crippen LogP contribution >= 0.6 is 11.6 Å². The quantitative estimate of drug-likeness (QED) is 0.857. The molecule has 0 atom stereocenters. The molecule has 0 fully saturated rings. The lowest BCUT2D eigenvalue weighted by Crippen LogP contribution is -2.00. The lowest BCUT2D eigenvalue weighted by Gasteiger charge is -2.09. The molecule has 1 aromatic carbocycles. The van der Waals surface area contributed by atoms with Gasteiger partial charge in [-0.05, 0) is 37.1 Å². The first-order chi connectivity index (χ1) is 8.04. The van der Waals surface area contributed by atoms with E-state index in [1.165, 1.54) is 17.3 Å². The zero-order chi connectivity index (χ0) is 12.4. The van der Waals surface area contributed by atoms with Crippen molar-refractivity contribution in [2.24, 2.45) is 0 Å². The van der Waals surface area contributed by atoms with Gasteiger partial charge >= 0.3 is 0 Å². The average Bonchev–Trinajstić information content (AvgIpc) is 2.22. The number of aromatic nitrogens is 2. The van der Waals surface area contributed by atoms with Crippen molar-refractivity contribution in [3.05, 3.63) is 40.5 Å². The summed E-state index contributed by atoms with van der Waals surface area (Å²) in [5, 5.41) is 3.57. The summed E-state index contributed by atoms with van der Waals surface area (Å²) in [5.74, 6) is 0.713. The van der Waals surface area contributed by atoms with E-state index in [1.807, 2.05) is 26.0 Å². The van der Waals surface area contributed by atoms with Gasteiger partial charge < -0.3 is 11.1 Å². The van der Waals surface area contributed by atoms with Crippen molar-refractivity contribution in [2.45, 2.75) is 13.8 Å². The Labute approximate surface area is 105 Å². The van der Waals surface area contributed by atoms with Gasteiger partial charge in [0.2, 0.25) is 5.95 Å². The van der Waals surface area contributed by atoms with Crippen LogP contribution in [-0.4, -0.2) is 9.97 Å². The molecule has 0 unspecified atom stereocenters.